The third-order valence-electron chi connectivity index (χ3n) is 5.03. The van der Waals surface area contributed by atoms with Crippen LogP contribution in [0.3, 0.4) is 0 Å². The first-order valence-electron chi connectivity index (χ1n) is 9.12. The minimum atomic E-state index is -3.49. The first kappa shape index (κ1) is 20.0. The van der Waals surface area contributed by atoms with Gasteiger partial charge in [-0.25, -0.2) is 8.42 Å². The van der Waals surface area contributed by atoms with Crippen LogP contribution in [0.15, 0.2) is 59.5 Å². The van der Waals surface area contributed by atoms with Crippen molar-refractivity contribution >= 4 is 21.6 Å². The maximum Gasteiger partial charge on any atom is 0.282 e. The van der Waals surface area contributed by atoms with Gasteiger partial charge in [0, 0.05) is 5.69 Å². The van der Waals surface area contributed by atoms with E-state index in [2.05, 4.69) is 5.32 Å². The fraction of sp³-hybridized carbons (Fsp3) is 0.300. The van der Waals surface area contributed by atoms with Gasteiger partial charge in [-0.2, -0.15) is 9.57 Å². The van der Waals surface area contributed by atoms with Gasteiger partial charge < -0.3 is 10.2 Å². The van der Waals surface area contributed by atoms with Crippen LogP contribution in [0.1, 0.15) is 12.5 Å². The SMILES string of the molecule is C[C@@H](C(=O)Nc1ccc(C#N)cc1)[NH+]1CCN(S(=O)(=O)c2ccccc2)CC1. The molecule has 1 heterocycles. The molecule has 2 aromatic carbocycles. The van der Waals surface area contributed by atoms with E-state index in [0.29, 0.717) is 42.3 Å². The molecule has 1 saturated heterocycles. The van der Waals surface area contributed by atoms with Crippen LogP contribution in [0.4, 0.5) is 5.69 Å². The van der Waals surface area contributed by atoms with Gasteiger partial charge in [-0.05, 0) is 43.3 Å². The number of quaternary nitrogens is 1. The molecule has 0 aromatic heterocycles. The highest BCUT2D eigenvalue weighted by Gasteiger charge is 2.34. The van der Waals surface area contributed by atoms with Crippen LogP contribution < -0.4 is 10.2 Å². The maximum atomic E-state index is 12.7. The van der Waals surface area contributed by atoms with E-state index < -0.39 is 10.0 Å². The number of sulfonamides is 1. The molecular formula is C20H23N4O3S+. The number of piperazine rings is 1. The van der Waals surface area contributed by atoms with Crippen molar-refractivity contribution in [1.82, 2.24) is 4.31 Å². The molecule has 1 aliphatic rings. The molecule has 3 rings (SSSR count). The lowest BCUT2D eigenvalue weighted by Crippen LogP contribution is -3.19. The van der Waals surface area contributed by atoms with Gasteiger partial charge in [0.15, 0.2) is 6.04 Å². The van der Waals surface area contributed by atoms with E-state index in [0.717, 1.165) is 4.90 Å². The van der Waals surface area contributed by atoms with Crippen molar-refractivity contribution < 1.29 is 18.1 Å². The van der Waals surface area contributed by atoms with Crippen molar-refractivity contribution in [2.45, 2.75) is 17.9 Å². The zero-order valence-corrected chi connectivity index (χ0v) is 16.4. The second-order valence-corrected chi connectivity index (χ2v) is 8.71. The monoisotopic (exact) mass is 399 g/mol. The molecule has 0 unspecified atom stereocenters. The largest absolute Gasteiger partial charge is 0.323 e. The number of anilines is 1. The third kappa shape index (κ3) is 4.39. The molecule has 0 bridgehead atoms. The molecule has 28 heavy (non-hydrogen) atoms. The van der Waals surface area contributed by atoms with Crippen molar-refractivity contribution in [1.29, 1.82) is 5.26 Å². The molecule has 0 saturated carbocycles. The van der Waals surface area contributed by atoms with Crippen LogP contribution >= 0.6 is 0 Å². The molecule has 1 amide bonds. The highest BCUT2D eigenvalue weighted by atomic mass is 32.2. The molecule has 1 fully saturated rings. The number of hydrogen-bond donors (Lipinski definition) is 2. The fourth-order valence-corrected chi connectivity index (χ4v) is 4.71. The van der Waals surface area contributed by atoms with Crippen molar-refractivity contribution in [3.05, 3.63) is 60.2 Å². The topological polar surface area (TPSA) is 94.7 Å². The highest BCUT2D eigenvalue weighted by molar-refractivity contribution is 7.89. The Morgan fingerprint density at radius 3 is 2.29 bits per heavy atom. The summed E-state index contributed by atoms with van der Waals surface area (Å²) >= 11 is 0. The average molecular weight is 399 g/mol. The molecule has 1 aliphatic heterocycles. The van der Waals surface area contributed by atoms with Crippen LogP contribution in [0.25, 0.3) is 0 Å². The van der Waals surface area contributed by atoms with Crippen molar-refractivity contribution in [3.63, 3.8) is 0 Å². The summed E-state index contributed by atoms with van der Waals surface area (Å²) in [6.45, 7) is 3.72. The molecule has 1 atom stereocenters. The van der Waals surface area contributed by atoms with Gasteiger partial charge in [-0.3, -0.25) is 4.79 Å². The lowest BCUT2D eigenvalue weighted by molar-refractivity contribution is -0.917. The lowest BCUT2D eigenvalue weighted by atomic mass is 10.2. The zero-order chi connectivity index (χ0) is 20.1. The van der Waals surface area contributed by atoms with E-state index in [-0.39, 0.29) is 11.9 Å². The average Bonchev–Trinajstić information content (AvgIpc) is 2.74. The molecule has 2 aromatic rings. The summed E-state index contributed by atoms with van der Waals surface area (Å²) in [7, 11) is -3.49. The number of amides is 1. The van der Waals surface area contributed by atoms with Crippen LogP contribution in [0, 0.1) is 11.3 Å². The second kappa shape index (κ2) is 8.52. The Kier molecular flexibility index (Phi) is 6.09. The predicted molar refractivity (Wildman–Crippen MR) is 105 cm³/mol. The number of carbonyl (C=O) groups is 1. The molecular weight excluding hydrogens is 376 g/mol. The molecule has 7 nitrogen and oxygen atoms in total. The third-order valence-corrected chi connectivity index (χ3v) is 6.95. The summed E-state index contributed by atoms with van der Waals surface area (Å²) in [5.41, 5.74) is 1.17. The van der Waals surface area contributed by atoms with Gasteiger partial charge in [0.2, 0.25) is 10.0 Å². The Balaban J connectivity index is 1.58. The number of benzene rings is 2. The standard InChI is InChI=1S/C20H22N4O3S/c1-16(20(25)22-18-9-7-17(15-21)8-10-18)23-11-13-24(14-12-23)28(26,27)19-5-3-2-4-6-19/h2-10,16H,11-14H2,1H3,(H,22,25)/p+1/t16-/m0/s1. The number of nitriles is 1. The Bertz CT molecular complexity index is 961. The summed E-state index contributed by atoms with van der Waals surface area (Å²) in [5.74, 6) is -0.126. The normalized spacial score (nSPS) is 16.9. The van der Waals surface area contributed by atoms with Crippen molar-refractivity contribution in [2.24, 2.45) is 0 Å². The quantitative estimate of drug-likeness (QED) is 0.764. The second-order valence-electron chi connectivity index (χ2n) is 6.78. The predicted octanol–water partition coefficient (Wildman–Crippen LogP) is 0.475. The van der Waals surface area contributed by atoms with Crippen LogP contribution in [-0.2, 0) is 14.8 Å². The van der Waals surface area contributed by atoms with E-state index in [1.807, 2.05) is 13.0 Å². The number of hydrogen-bond acceptors (Lipinski definition) is 4. The number of nitrogens with zero attached hydrogens (tertiary/aromatic N) is 2. The summed E-state index contributed by atoms with van der Waals surface area (Å²) in [5, 5.41) is 11.7. The first-order chi connectivity index (χ1) is 13.4. The summed E-state index contributed by atoms with van der Waals surface area (Å²) in [6.07, 6.45) is 0. The minimum Gasteiger partial charge on any atom is -0.323 e. The van der Waals surface area contributed by atoms with Crippen molar-refractivity contribution in [3.8, 4) is 6.07 Å². The van der Waals surface area contributed by atoms with E-state index in [4.69, 9.17) is 5.26 Å². The van der Waals surface area contributed by atoms with Gasteiger partial charge in [0.25, 0.3) is 5.91 Å². The maximum absolute atomic E-state index is 12.7. The Labute approximate surface area is 165 Å². The summed E-state index contributed by atoms with van der Waals surface area (Å²) < 4.78 is 26.9. The Hall–Kier alpha value is -2.73. The molecule has 146 valence electrons. The lowest BCUT2D eigenvalue weighted by Gasteiger charge is -2.34. The van der Waals surface area contributed by atoms with E-state index >= 15 is 0 Å². The van der Waals surface area contributed by atoms with Crippen molar-refractivity contribution in [2.75, 3.05) is 31.5 Å². The molecule has 8 heteroatoms. The number of carbonyl (C=O) groups excluding carboxylic acids is 1. The molecule has 2 N–H and O–H groups in total. The Morgan fingerprint density at radius 2 is 1.71 bits per heavy atom. The van der Waals surface area contributed by atoms with Crippen LogP contribution in [-0.4, -0.2) is 50.9 Å². The molecule has 0 spiro atoms. The number of nitrogens with one attached hydrogen (secondary N) is 2. The molecule has 0 radical (unpaired) electrons. The van der Waals surface area contributed by atoms with Gasteiger partial charge in [0.05, 0.1) is 42.7 Å². The van der Waals surface area contributed by atoms with Crippen LogP contribution in [0.2, 0.25) is 0 Å². The Morgan fingerprint density at radius 1 is 1.11 bits per heavy atom. The highest BCUT2D eigenvalue weighted by Crippen LogP contribution is 2.15. The summed E-state index contributed by atoms with van der Waals surface area (Å²) in [6, 6.07) is 16.8. The van der Waals surface area contributed by atoms with Gasteiger partial charge in [-0.15, -0.1) is 0 Å². The van der Waals surface area contributed by atoms with Gasteiger partial charge >= 0.3 is 0 Å². The van der Waals surface area contributed by atoms with E-state index in [1.165, 1.54) is 4.31 Å². The fourth-order valence-electron chi connectivity index (χ4n) is 3.25. The smallest absolute Gasteiger partial charge is 0.282 e. The number of rotatable bonds is 5. The van der Waals surface area contributed by atoms with Crippen LogP contribution in [0.5, 0.6) is 0 Å². The van der Waals surface area contributed by atoms with Gasteiger partial charge in [0.1, 0.15) is 0 Å². The zero-order valence-electron chi connectivity index (χ0n) is 15.6. The van der Waals surface area contributed by atoms with Gasteiger partial charge in [-0.1, -0.05) is 18.2 Å². The van der Waals surface area contributed by atoms with E-state index in [1.54, 1.807) is 54.6 Å². The van der Waals surface area contributed by atoms with E-state index in [9.17, 15) is 13.2 Å². The first-order valence-corrected chi connectivity index (χ1v) is 10.6. The minimum absolute atomic E-state index is 0.126. The molecule has 0 aliphatic carbocycles. The summed E-state index contributed by atoms with van der Waals surface area (Å²) in [4.78, 5) is 13.9.